The van der Waals surface area contributed by atoms with Crippen molar-refractivity contribution >= 4 is 19.8 Å². The molecule has 0 rings (SSSR count). The Hall–Kier alpha value is -2.25. The molecule has 0 saturated heterocycles. The molecule has 0 fully saturated rings. The molecule has 264 valence electrons. The quantitative estimate of drug-likeness (QED) is 0.0247. The van der Waals surface area contributed by atoms with Crippen molar-refractivity contribution < 1.29 is 37.9 Å². The zero-order valence-electron chi connectivity index (χ0n) is 28.7. The van der Waals surface area contributed by atoms with Crippen molar-refractivity contribution in [2.24, 2.45) is 0 Å². The maximum Gasteiger partial charge on any atom is 0.469 e. The summed E-state index contributed by atoms with van der Waals surface area (Å²) in [5, 5.41) is 0. The predicted octanol–water partition coefficient (Wildman–Crippen LogP) is 10.2. The molecule has 0 unspecified atom stereocenters. The summed E-state index contributed by atoms with van der Waals surface area (Å²) in [6.45, 7) is 3.48. The van der Waals surface area contributed by atoms with E-state index in [1.165, 1.54) is 38.5 Å². The molecule has 0 amide bonds. The number of rotatable bonds is 31. The Labute approximate surface area is 279 Å². The maximum absolute atomic E-state index is 12.3. The fraction of sp³-hybridized carbons (Fsp3) is 0.676. The van der Waals surface area contributed by atoms with Gasteiger partial charge in [-0.15, -0.1) is 0 Å². The van der Waals surface area contributed by atoms with Crippen molar-refractivity contribution in [1.82, 2.24) is 0 Å². The highest BCUT2D eigenvalue weighted by atomic mass is 31.2. The number of esters is 2. The summed E-state index contributed by atoms with van der Waals surface area (Å²) in [5.41, 5.74) is 0. The average Bonchev–Trinajstić information content (AvgIpc) is 3.02. The normalized spacial score (nSPS) is 13.2. The second kappa shape index (κ2) is 32.7. The van der Waals surface area contributed by atoms with Crippen LogP contribution >= 0.6 is 7.82 Å². The van der Waals surface area contributed by atoms with E-state index in [1.807, 2.05) is 30.4 Å². The lowest BCUT2D eigenvalue weighted by atomic mass is 10.1. The summed E-state index contributed by atoms with van der Waals surface area (Å²) in [4.78, 5) is 42.6. The summed E-state index contributed by atoms with van der Waals surface area (Å²) in [6.07, 6.45) is 39.4. The molecule has 0 aliphatic rings. The Bertz CT molecular complexity index is 932. The van der Waals surface area contributed by atoms with Crippen molar-refractivity contribution in [3.8, 4) is 0 Å². The molecular weight excluding hydrogens is 603 g/mol. The number of unbranched alkanes of at least 4 members (excludes halogenated alkanes) is 14. The first-order valence-corrected chi connectivity index (χ1v) is 19.2. The van der Waals surface area contributed by atoms with E-state index >= 15 is 0 Å². The smallest absolute Gasteiger partial charge is 0.462 e. The number of carbonyl (C=O) groups is 2. The molecule has 0 radical (unpaired) electrons. The van der Waals surface area contributed by atoms with Crippen LogP contribution in [0.4, 0.5) is 0 Å². The van der Waals surface area contributed by atoms with Gasteiger partial charge >= 0.3 is 19.8 Å². The van der Waals surface area contributed by atoms with Crippen LogP contribution in [0.2, 0.25) is 0 Å². The van der Waals surface area contributed by atoms with Crippen LogP contribution in [0.1, 0.15) is 142 Å². The van der Waals surface area contributed by atoms with Gasteiger partial charge in [0.25, 0.3) is 0 Å². The molecule has 0 aromatic rings. The van der Waals surface area contributed by atoms with Gasteiger partial charge in [0.2, 0.25) is 0 Å². The lowest BCUT2D eigenvalue weighted by Crippen LogP contribution is -2.29. The standard InChI is InChI=1S/C37H63O8P/c1-3-5-7-9-11-13-15-17-18-20-21-23-25-27-29-31-36(38)43-33-35(34-44-46(40,41)42)45-37(39)32-30-28-26-24-22-19-16-14-12-10-8-6-4-2/h5,7,9,11,13,15,17-19,22,35H,3-4,6,8,10,12,14,16,20-21,23-34H2,1-2H3,(H2,40,41,42)/b7-5+,11-9+,15-13+,18-17+,22-19+/t35-/m1/s1. The van der Waals surface area contributed by atoms with E-state index in [4.69, 9.17) is 19.3 Å². The number of carbonyl (C=O) groups excluding carboxylic acids is 2. The third-order valence-electron chi connectivity index (χ3n) is 7.11. The molecular formula is C37H63O8P. The van der Waals surface area contributed by atoms with Crippen molar-refractivity contribution in [2.75, 3.05) is 13.2 Å². The zero-order valence-corrected chi connectivity index (χ0v) is 29.6. The Balaban J connectivity index is 4.08. The van der Waals surface area contributed by atoms with Gasteiger partial charge in [-0.25, -0.2) is 4.57 Å². The summed E-state index contributed by atoms with van der Waals surface area (Å²) < 4.78 is 26.2. The number of hydrogen-bond acceptors (Lipinski definition) is 6. The minimum atomic E-state index is -4.76. The summed E-state index contributed by atoms with van der Waals surface area (Å²) in [7, 11) is -4.76. The lowest BCUT2D eigenvalue weighted by molar-refractivity contribution is -0.161. The monoisotopic (exact) mass is 666 g/mol. The Morgan fingerprint density at radius 3 is 1.65 bits per heavy atom. The first kappa shape index (κ1) is 43.8. The highest BCUT2D eigenvalue weighted by molar-refractivity contribution is 7.46. The second-order valence-electron chi connectivity index (χ2n) is 11.5. The van der Waals surface area contributed by atoms with Gasteiger partial charge in [-0.05, 0) is 57.8 Å². The van der Waals surface area contributed by atoms with E-state index < -0.39 is 32.5 Å². The summed E-state index contributed by atoms with van der Waals surface area (Å²) >= 11 is 0. The van der Waals surface area contributed by atoms with Crippen LogP contribution in [0.5, 0.6) is 0 Å². The van der Waals surface area contributed by atoms with Crippen LogP contribution in [0.25, 0.3) is 0 Å². The van der Waals surface area contributed by atoms with Crippen molar-refractivity contribution in [3.05, 3.63) is 60.8 Å². The molecule has 0 bridgehead atoms. The third-order valence-corrected chi connectivity index (χ3v) is 7.60. The van der Waals surface area contributed by atoms with Crippen LogP contribution in [0.15, 0.2) is 60.8 Å². The van der Waals surface area contributed by atoms with Crippen LogP contribution in [0.3, 0.4) is 0 Å². The van der Waals surface area contributed by atoms with E-state index in [9.17, 15) is 14.2 Å². The van der Waals surface area contributed by atoms with Crippen molar-refractivity contribution in [1.29, 1.82) is 0 Å². The Kier molecular flexibility index (Phi) is 31.1. The van der Waals surface area contributed by atoms with Crippen LogP contribution in [-0.4, -0.2) is 41.0 Å². The molecule has 46 heavy (non-hydrogen) atoms. The second-order valence-corrected chi connectivity index (χ2v) is 12.8. The molecule has 0 heterocycles. The van der Waals surface area contributed by atoms with Gasteiger partial charge in [-0.3, -0.25) is 14.1 Å². The highest BCUT2D eigenvalue weighted by Crippen LogP contribution is 2.35. The highest BCUT2D eigenvalue weighted by Gasteiger charge is 2.22. The van der Waals surface area contributed by atoms with Gasteiger partial charge in [0, 0.05) is 12.8 Å². The number of allylic oxidation sites excluding steroid dienone is 10. The molecule has 0 aliphatic carbocycles. The molecule has 0 aromatic carbocycles. The van der Waals surface area contributed by atoms with Gasteiger partial charge < -0.3 is 19.3 Å². The number of phosphoric ester groups is 1. The molecule has 0 aliphatic heterocycles. The lowest BCUT2D eigenvalue weighted by Gasteiger charge is -2.18. The Morgan fingerprint density at radius 2 is 1.07 bits per heavy atom. The Morgan fingerprint density at radius 1 is 0.587 bits per heavy atom. The predicted molar refractivity (Wildman–Crippen MR) is 188 cm³/mol. The van der Waals surface area contributed by atoms with Crippen molar-refractivity contribution in [2.45, 2.75) is 148 Å². The molecule has 0 aromatic heterocycles. The largest absolute Gasteiger partial charge is 0.469 e. The zero-order chi connectivity index (χ0) is 34.0. The minimum absolute atomic E-state index is 0.183. The molecule has 9 heteroatoms. The van der Waals surface area contributed by atoms with E-state index in [2.05, 4.69) is 48.8 Å². The van der Waals surface area contributed by atoms with Gasteiger partial charge in [-0.1, -0.05) is 132 Å². The van der Waals surface area contributed by atoms with Gasteiger partial charge in [0.05, 0.1) is 6.61 Å². The number of hydrogen-bond donors (Lipinski definition) is 2. The first-order valence-electron chi connectivity index (χ1n) is 17.6. The molecule has 2 N–H and O–H groups in total. The molecule has 0 spiro atoms. The van der Waals surface area contributed by atoms with E-state index in [-0.39, 0.29) is 19.4 Å². The first-order chi connectivity index (χ1) is 22.3. The summed E-state index contributed by atoms with van der Waals surface area (Å²) in [5.74, 6) is -0.938. The van der Waals surface area contributed by atoms with Crippen LogP contribution in [-0.2, 0) is 28.2 Å². The van der Waals surface area contributed by atoms with E-state index in [0.29, 0.717) is 12.8 Å². The minimum Gasteiger partial charge on any atom is -0.462 e. The van der Waals surface area contributed by atoms with Gasteiger partial charge in [0.15, 0.2) is 6.10 Å². The number of phosphoric acid groups is 1. The topological polar surface area (TPSA) is 119 Å². The third kappa shape index (κ3) is 34.6. The van der Waals surface area contributed by atoms with Gasteiger partial charge in [-0.2, -0.15) is 0 Å². The summed E-state index contributed by atoms with van der Waals surface area (Å²) in [6, 6.07) is 0. The van der Waals surface area contributed by atoms with Gasteiger partial charge in [0.1, 0.15) is 6.61 Å². The molecule has 1 atom stereocenters. The van der Waals surface area contributed by atoms with Crippen LogP contribution in [0, 0.1) is 0 Å². The molecule has 8 nitrogen and oxygen atoms in total. The maximum atomic E-state index is 12.3. The van der Waals surface area contributed by atoms with E-state index in [0.717, 1.165) is 64.2 Å². The fourth-order valence-electron chi connectivity index (χ4n) is 4.49. The number of ether oxygens (including phenoxy) is 2. The molecule has 0 saturated carbocycles. The average molecular weight is 667 g/mol. The van der Waals surface area contributed by atoms with Crippen LogP contribution < -0.4 is 0 Å². The fourth-order valence-corrected chi connectivity index (χ4v) is 4.85. The van der Waals surface area contributed by atoms with E-state index in [1.54, 1.807) is 0 Å². The SMILES string of the molecule is CC/C=C/C=C/C=C/C=C/CCCCCCCC(=O)OC[C@H](COP(=O)(O)O)OC(=O)CCCCC/C=C/CCCCCCCC. The van der Waals surface area contributed by atoms with Crippen molar-refractivity contribution in [3.63, 3.8) is 0 Å².